The van der Waals surface area contributed by atoms with Crippen LogP contribution in [0.1, 0.15) is 31.2 Å². The number of ether oxygens (including phenoxy) is 2. The quantitative estimate of drug-likeness (QED) is 0.146. The fourth-order valence-electron chi connectivity index (χ4n) is 4.17. The van der Waals surface area contributed by atoms with Crippen molar-refractivity contribution in [1.82, 2.24) is 10.3 Å². The average molecular weight is 591 g/mol. The standard InChI is InChI=1S/C27H34N4O7S2/c1-28-12-14-37-20-8-11-23-24(17-20)39-27(29-23)30-26(33)25(31-38-21-7-6-19(32)16-21)18-4-9-22(10-5-18)40(34,35)15-3-13-36-2/h4-5,8-11,17,19,21,28,32H,3,6-7,12-16H2,1-2H3,(H,29,30,33)/b31-25+/t19-,21-/m1/s1. The van der Waals surface area contributed by atoms with Gasteiger partial charge in [0.1, 0.15) is 18.5 Å². The highest BCUT2D eigenvalue weighted by Gasteiger charge is 2.26. The Bertz CT molecular complexity index is 1420. The number of methoxy groups -OCH3 is 1. The molecule has 0 radical (unpaired) electrons. The summed E-state index contributed by atoms with van der Waals surface area (Å²) in [5.41, 5.74) is 1.06. The van der Waals surface area contributed by atoms with Crippen molar-refractivity contribution in [2.45, 2.75) is 42.8 Å². The van der Waals surface area contributed by atoms with E-state index in [1.807, 2.05) is 25.2 Å². The van der Waals surface area contributed by atoms with Crippen molar-refractivity contribution in [2.24, 2.45) is 5.16 Å². The summed E-state index contributed by atoms with van der Waals surface area (Å²) in [6, 6.07) is 11.5. The minimum Gasteiger partial charge on any atom is -0.492 e. The molecule has 11 nitrogen and oxygen atoms in total. The third-order valence-corrected chi connectivity index (χ3v) is 9.06. The number of fused-ring (bicyclic) bond motifs is 1. The highest BCUT2D eigenvalue weighted by molar-refractivity contribution is 7.91. The normalized spacial score (nSPS) is 17.7. The smallest absolute Gasteiger partial charge is 0.280 e. The number of amides is 1. The molecule has 216 valence electrons. The van der Waals surface area contributed by atoms with Crippen molar-refractivity contribution in [3.05, 3.63) is 48.0 Å². The maximum atomic E-state index is 13.4. The summed E-state index contributed by atoms with van der Waals surface area (Å²) in [4.78, 5) is 23.7. The molecule has 2 aromatic carbocycles. The van der Waals surface area contributed by atoms with Gasteiger partial charge in [-0.2, -0.15) is 0 Å². The fourth-order valence-corrected chi connectivity index (χ4v) is 6.35. The molecule has 1 aliphatic rings. The van der Waals surface area contributed by atoms with Crippen molar-refractivity contribution < 1.29 is 32.6 Å². The number of thiazole rings is 1. The van der Waals surface area contributed by atoms with Gasteiger partial charge < -0.3 is 24.7 Å². The fraction of sp³-hybridized carbons (Fsp3) is 0.444. The molecule has 2 atom stereocenters. The Morgan fingerprint density at radius 1 is 1.18 bits per heavy atom. The van der Waals surface area contributed by atoms with Crippen LogP contribution in [0, 0.1) is 0 Å². The Hall–Kier alpha value is -3.10. The van der Waals surface area contributed by atoms with E-state index in [1.165, 1.54) is 42.7 Å². The maximum Gasteiger partial charge on any atom is 0.280 e. The second-order valence-corrected chi connectivity index (χ2v) is 12.5. The van der Waals surface area contributed by atoms with Crippen LogP contribution in [-0.2, 0) is 24.2 Å². The first kappa shape index (κ1) is 29.9. The van der Waals surface area contributed by atoms with Crippen LogP contribution in [0.25, 0.3) is 10.2 Å². The Kier molecular flexibility index (Phi) is 10.5. The van der Waals surface area contributed by atoms with Crippen LogP contribution in [0.15, 0.2) is 52.5 Å². The summed E-state index contributed by atoms with van der Waals surface area (Å²) in [7, 11) is -0.128. The number of carbonyl (C=O) groups is 1. The van der Waals surface area contributed by atoms with E-state index in [9.17, 15) is 18.3 Å². The van der Waals surface area contributed by atoms with Crippen LogP contribution in [0.4, 0.5) is 5.13 Å². The molecule has 1 heterocycles. The average Bonchev–Trinajstić information content (AvgIpc) is 3.54. The SMILES string of the molecule is CNCCOc1ccc2nc(NC(=O)/C(=N/O[C@@H]3CC[C@@H](O)C3)c3ccc(S(=O)(=O)CCCOC)cc3)sc2c1. The summed E-state index contributed by atoms with van der Waals surface area (Å²) in [6.07, 6.45) is 1.24. The van der Waals surface area contributed by atoms with E-state index >= 15 is 0 Å². The molecule has 13 heteroatoms. The van der Waals surface area contributed by atoms with Crippen molar-refractivity contribution in [1.29, 1.82) is 0 Å². The Labute approximate surface area is 237 Å². The first-order valence-electron chi connectivity index (χ1n) is 13.0. The van der Waals surface area contributed by atoms with Gasteiger partial charge in [-0.1, -0.05) is 28.6 Å². The van der Waals surface area contributed by atoms with Gasteiger partial charge in [0.15, 0.2) is 20.7 Å². The van der Waals surface area contributed by atoms with Gasteiger partial charge in [-0.05, 0) is 56.6 Å². The molecule has 1 aliphatic carbocycles. The highest BCUT2D eigenvalue weighted by Crippen LogP contribution is 2.29. The van der Waals surface area contributed by atoms with Gasteiger partial charge in [-0.25, -0.2) is 13.4 Å². The number of nitrogens with zero attached hydrogens (tertiary/aromatic N) is 2. The predicted octanol–water partition coefficient (Wildman–Crippen LogP) is 2.98. The number of rotatable bonds is 14. The molecule has 0 saturated heterocycles. The molecule has 3 N–H and O–H groups in total. The van der Waals surface area contributed by atoms with Crippen LogP contribution >= 0.6 is 11.3 Å². The number of hydrogen-bond donors (Lipinski definition) is 3. The van der Waals surface area contributed by atoms with E-state index in [0.717, 1.165) is 4.70 Å². The van der Waals surface area contributed by atoms with Crippen molar-refractivity contribution in [3.63, 3.8) is 0 Å². The Morgan fingerprint density at radius 2 is 1.98 bits per heavy atom. The number of likely N-dealkylation sites (N-methyl/N-ethyl adjacent to an activating group) is 1. The first-order chi connectivity index (χ1) is 19.3. The van der Waals surface area contributed by atoms with Crippen molar-refractivity contribution in [2.75, 3.05) is 45.0 Å². The summed E-state index contributed by atoms with van der Waals surface area (Å²) >= 11 is 1.29. The Morgan fingerprint density at radius 3 is 2.67 bits per heavy atom. The minimum atomic E-state index is -3.50. The second kappa shape index (κ2) is 14.0. The van der Waals surface area contributed by atoms with Gasteiger partial charge in [0.2, 0.25) is 0 Å². The number of nitrogens with one attached hydrogen (secondary N) is 2. The van der Waals surface area contributed by atoms with Crippen LogP contribution in [0.2, 0.25) is 0 Å². The van der Waals surface area contributed by atoms with Gasteiger partial charge in [0.05, 0.1) is 27.0 Å². The summed E-state index contributed by atoms with van der Waals surface area (Å²) in [5.74, 6) is 0.101. The molecule has 1 saturated carbocycles. The van der Waals surface area contributed by atoms with E-state index in [1.54, 1.807) is 0 Å². The van der Waals surface area contributed by atoms with E-state index in [-0.39, 0.29) is 22.5 Å². The molecule has 1 aromatic heterocycles. The second-order valence-electron chi connectivity index (χ2n) is 9.38. The van der Waals surface area contributed by atoms with E-state index < -0.39 is 21.8 Å². The highest BCUT2D eigenvalue weighted by atomic mass is 32.2. The molecular formula is C27H34N4O7S2. The van der Waals surface area contributed by atoms with Gasteiger partial charge in [-0.3, -0.25) is 10.1 Å². The van der Waals surface area contributed by atoms with Crippen LogP contribution in [0.3, 0.4) is 0 Å². The summed E-state index contributed by atoms with van der Waals surface area (Å²) in [5, 5.41) is 20.2. The van der Waals surface area contributed by atoms with Crippen LogP contribution in [-0.4, -0.2) is 82.0 Å². The van der Waals surface area contributed by atoms with E-state index in [0.29, 0.717) is 67.4 Å². The third-order valence-electron chi connectivity index (χ3n) is 6.31. The lowest BCUT2D eigenvalue weighted by molar-refractivity contribution is -0.110. The van der Waals surface area contributed by atoms with Crippen LogP contribution in [0.5, 0.6) is 5.75 Å². The first-order valence-corrected chi connectivity index (χ1v) is 15.5. The topological polar surface area (TPSA) is 148 Å². The Balaban J connectivity index is 1.54. The van der Waals surface area contributed by atoms with E-state index in [4.69, 9.17) is 14.3 Å². The van der Waals surface area contributed by atoms with Gasteiger partial charge in [0.25, 0.3) is 5.91 Å². The lowest BCUT2D eigenvalue weighted by Crippen LogP contribution is -2.25. The van der Waals surface area contributed by atoms with Crippen LogP contribution < -0.4 is 15.4 Å². The number of anilines is 1. The lowest BCUT2D eigenvalue weighted by atomic mass is 10.1. The van der Waals surface area contributed by atoms with Gasteiger partial charge in [0, 0.05) is 32.2 Å². The number of sulfone groups is 1. The number of aliphatic hydroxyl groups is 1. The number of hydrogen-bond acceptors (Lipinski definition) is 11. The zero-order chi connectivity index (χ0) is 28.5. The van der Waals surface area contributed by atoms with Crippen molar-refractivity contribution >= 4 is 48.1 Å². The molecule has 3 aromatic rings. The molecule has 1 amide bonds. The number of oxime groups is 1. The molecule has 0 spiro atoms. The maximum absolute atomic E-state index is 13.4. The molecule has 0 aliphatic heterocycles. The minimum absolute atomic E-state index is 0.0277. The monoisotopic (exact) mass is 590 g/mol. The van der Waals surface area contributed by atoms with E-state index in [2.05, 4.69) is 20.8 Å². The zero-order valence-corrected chi connectivity index (χ0v) is 24.1. The molecule has 4 rings (SSSR count). The predicted molar refractivity (Wildman–Crippen MR) is 154 cm³/mol. The zero-order valence-electron chi connectivity index (χ0n) is 22.5. The number of carbonyl (C=O) groups excluding carboxylic acids is 1. The third kappa shape index (κ3) is 7.98. The molecule has 40 heavy (non-hydrogen) atoms. The summed E-state index contributed by atoms with van der Waals surface area (Å²) in [6.45, 7) is 1.58. The lowest BCUT2D eigenvalue weighted by Gasteiger charge is -2.11. The molecule has 0 unspecified atom stereocenters. The number of aliphatic hydroxyl groups excluding tert-OH is 1. The van der Waals surface area contributed by atoms with Gasteiger partial charge in [-0.15, -0.1) is 0 Å². The van der Waals surface area contributed by atoms with Crippen molar-refractivity contribution in [3.8, 4) is 5.75 Å². The number of aromatic nitrogens is 1. The molecule has 0 bridgehead atoms. The number of benzene rings is 2. The van der Waals surface area contributed by atoms with Gasteiger partial charge >= 0.3 is 0 Å². The molecule has 1 fully saturated rings. The largest absolute Gasteiger partial charge is 0.492 e. The summed E-state index contributed by atoms with van der Waals surface area (Å²) < 4.78 is 36.8. The molecular weight excluding hydrogens is 556 g/mol.